The summed E-state index contributed by atoms with van der Waals surface area (Å²) in [5.41, 5.74) is 1.68. The van der Waals surface area contributed by atoms with Crippen LogP contribution >= 0.6 is 0 Å². The highest BCUT2D eigenvalue weighted by molar-refractivity contribution is 6.08. The Balaban J connectivity index is 1.66. The first kappa shape index (κ1) is 16.5. The Kier molecular flexibility index (Phi) is 3.84. The van der Waals surface area contributed by atoms with Gasteiger partial charge >= 0.3 is 5.97 Å². The van der Waals surface area contributed by atoms with Crippen LogP contribution in [0.15, 0.2) is 91.0 Å². The molecule has 2 nitrogen and oxygen atoms in total. The number of esters is 1. The normalized spacial score (nSPS) is 11.2. The molecule has 0 aromatic heterocycles. The molecule has 0 spiro atoms. The molecule has 0 amide bonds. The predicted molar refractivity (Wildman–Crippen MR) is 115 cm³/mol. The van der Waals surface area contributed by atoms with Crippen LogP contribution in [-0.2, 0) is 0 Å². The van der Waals surface area contributed by atoms with Gasteiger partial charge in [0.25, 0.3) is 0 Å². The summed E-state index contributed by atoms with van der Waals surface area (Å²) in [5.74, 6) is 0.278. The van der Waals surface area contributed by atoms with Gasteiger partial charge in [-0.15, -0.1) is 0 Å². The fourth-order valence-corrected chi connectivity index (χ4v) is 3.71. The smallest absolute Gasteiger partial charge is 0.343 e. The molecule has 0 unspecified atom stereocenters. The second kappa shape index (κ2) is 6.50. The van der Waals surface area contributed by atoms with E-state index in [0.29, 0.717) is 11.3 Å². The third-order valence-corrected chi connectivity index (χ3v) is 5.15. The lowest BCUT2D eigenvalue weighted by atomic mass is 10.0. The van der Waals surface area contributed by atoms with Crippen LogP contribution in [0.3, 0.4) is 0 Å². The fourth-order valence-electron chi connectivity index (χ4n) is 3.71. The second-order valence-corrected chi connectivity index (χ2v) is 7.10. The Bertz CT molecular complexity index is 1370. The highest BCUT2D eigenvalue weighted by atomic mass is 16.5. The van der Waals surface area contributed by atoms with Crippen molar-refractivity contribution in [2.24, 2.45) is 0 Å². The Morgan fingerprint density at radius 2 is 1.32 bits per heavy atom. The minimum atomic E-state index is -0.343. The van der Waals surface area contributed by atoms with E-state index in [1.165, 1.54) is 0 Å². The maximum atomic E-state index is 13.0. The lowest BCUT2D eigenvalue weighted by molar-refractivity contribution is 0.0739. The van der Waals surface area contributed by atoms with Crippen LogP contribution in [-0.4, -0.2) is 5.97 Å². The zero-order valence-electron chi connectivity index (χ0n) is 15.5. The molecule has 0 heterocycles. The topological polar surface area (TPSA) is 26.3 Å². The van der Waals surface area contributed by atoms with Crippen LogP contribution in [0.25, 0.3) is 32.3 Å². The molecule has 0 fully saturated rings. The lowest BCUT2D eigenvalue weighted by Crippen LogP contribution is -2.09. The van der Waals surface area contributed by atoms with E-state index in [-0.39, 0.29) is 5.97 Å². The molecule has 0 bridgehead atoms. The Morgan fingerprint density at radius 3 is 2.18 bits per heavy atom. The highest BCUT2D eigenvalue weighted by Gasteiger charge is 2.15. The van der Waals surface area contributed by atoms with Gasteiger partial charge in [-0.25, -0.2) is 4.79 Å². The second-order valence-electron chi connectivity index (χ2n) is 7.10. The van der Waals surface area contributed by atoms with Crippen molar-refractivity contribution in [3.05, 3.63) is 102 Å². The summed E-state index contributed by atoms with van der Waals surface area (Å²) in [6.45, 7) is 2.05. The summed E-state index contributed by atoms with van der Waals surface area (Å²) >= 11 is 0. The number of carbonyl (C=O) groups is 1. The average Bonchev–Trinajstić information content (AvgIpc) is 2.73. The largest absolute Gasteiger partial charge is 0.422 e. The predicted octanol–water partition coefficient (Wildman–Crippen LogP) is 6.67. The first-order chi connectivity index (χ1) is 13.7. The molecule has 5 rings (SSSR count). The van der Waals surface area contributed by atoms with Gasteiger partial charge in [-0.1, -0.05) is 72.3 Å². The maximum absolute atomic E-state index is 13.0. The van der Waals surface area contributed by atoms with Crippen molar-refractivity contribution in [1.82, 2.24) is 0 Å². The molecular weight excluding hydrogens is 344 g/mol. The lowest BCUT2D eigenvalue weighted by Gasteiger charge is -2.13. The van der Waals surface area contributed by atoms with Crippen LogP contribution in [0.1, 0.15) is 15.9 Å². The molecule has 0 radical (unpaired) electrons. The summed E-state index contributed by atoms with van der Waals surface area (Å²) in [6.07, 6.45) is 0. The van der Waals surface area contributed by atoms with Crippen molar-refractivity contribution in [3.8, 4) is 5.75 Å². The van der Waals surface area contributed by atoms with Crippen molar-refractivity contribution in [3.63, 3.8) is 0 Å². The summed E-state index contributed by atoms with van der Waals surface area (Å²) in [6, 6.07) is 30.0. The van der Waals surface area contributed by atoms with Gasteiger partial charge in [0.15, 0.2) is 0 Å². The molecule has 0 saturated carbocycles. The van der Waals surface area contributed by atoms with E-state index in [0.717, 1.165) is 37.9 Å². The quantitative estimate of drug-likeness (QED) is 0.199. The van der Waals surface area contributed by atoms with E-state index >= 15 is 0 Å². The first-order valence-corrected chi connectivity index (χ1v) is 9.32. The van der Waals surface area contributed by atoms with E-state index in [4.69, 9.17) is 4.74 Å². The molecule has 0 aliphatic carbocycles. The van der Waals surface area contributed by atoms with Gasteiger partial charge in [-0.05, 0) is 52.7 Å². The Morgan fingerprint density at radius 1 is 0.643 bits per heavy atom. The standard InChI is InChI=1S/C26H18O2/c1-17-10-11-21-16-20-8-4-5-9-23(20)25(24(21)14-17)28-26(27)22-13-12-18-6-2-3-7-19(18)15-22/h2-16H,1H3. The van der Waals surface area contributed by atoms with Crippen LogP contribution in [0.5, 0.6) is 5.75 Å². The minimum absolute atomic E-state index is 0.343. The molecule has 5 aromatic rings. The van der Waals surface area contributed by atoms with Gasteiger partial charge in [0.1, 0.15) is 5.75 Å². The Hall–Kier alpha value is -3.65. The van der Waals surface area contributed by atoms with Gasteiger partial charge in [0.2, 0.25) is 0 Å². The van der Waals surface area contributed by atoms with Crippen molar-refractivity contribution in [2.75, 3.05) is 0 Å². The van der Waals surface area contributed by atoms with E-state index in [1.54, 1.807) is 0 Å². The number of carbonyl (C=O) groups excluding carboxylic acids is 1. The molecule has 28 heavy (non-hydrogen) atoms. The molecular formula is C26H18O2. The summed E-state index contributed by atoms with van der Waals surface area (Å²) < 4.78 is 5.99. The number of rotatable bonds is 2. The van der Waals surface area contributed by atoms with Crippen molar-refractivity contribution in [1.29, 1.82) is 0 Å². The van der Waals surface area contributed by atoms with E-state index in [1.807, 2.05) is 73.7 Å². The van der Waals surface area contributed by atoms with Crippen LogP contribution < -0.4 is 4.74 Å². The van der Waals surface area contributed by atoms with Gasteiger partial charge in [-0.2, -0.15) is 0 Å². The Labute approximate surface area is 163 Å². The van der Waals surface area contributed by atoms with Crippen LogP contribution in [0, 0.1) is 6.92 Å². The van der Waals surface area contributed by atoms with E-state index < -0.39 is 0 Å². The van der Waals surface area contributed by atoms with Crippen molar-refractivity contribution < 1.29 is 9.53 Å². The highest BCUT2D eigenvalue weighted by Crippen LogP contribution is 2.36. The van der Waals surface area contributed by atoms with Crippen LogP contribution in [0.2, 0.25) is 0 Å². The fraction of sp³-hybridized carbons (Fsp3) is 0.0385. The summed E-state index contributed by atoms with van der Waals surface area (Å²) in [5, 5.41) is 6.13. The van der Waals surface area contributed by atoms with Gasteiger partial charge in [-0.3, -0.25) is 0 Å². The van der Waals surface area contributed by atoms with Gasteiger partial charge < -0.3 is 4.74 Å². The third kappa shape index (κ3) is 2.80. The molecule has 2 heteroatoms. The number of fused-ring (bicyclic) bond motifs is 3. The number of benzene rings is 5. The number of hydrogen-bond acceptors (Lipinski definition) is 2. The van der Waals surface area contributed by atoms with E-state index in [9.17, 15) is 4.79 Å². The molecule has 0 aliphatic rings. The van der Waals surface area contributed by atoms with Crippen molar-refractivity contribution >= 4 is 38.3 Å². The first-order valence-electron chi connectivity index (χ1n) is 9.32. The summed E-state index contributed by atoms with van der Waals surface area (Å²) in [4.78, 5) is 13.0. The number of aryl methyl sites for hydroxylation is 1. The molecule has 0 N–H and O–H groups in total. The zero-order chi connectivity index (χ0) is 19.1. The minimum Gasteiger partial charge on any atom is -0.422 e. The molecule has 0 aliphatic heterocycles. The average molecular weight is 362 g/mol. The molecule has 0 atom stereocenters. The zero-order valence-corrected chi connectivity index (χ0v) is 15.5. The number of ether oxygens (including phenoxy) is 1. The maximum Gasteiger partial charge on any atom is 0.343 e. The number of hydrogen-bond donors (Lipinski definition) is 0. The third-order valence-electron chi connectivity index (χ3n) is 5.15. The van der Waals surface area contributed by atoms with Crippen molar-refractivity contribution in [2.45, 2.75) is 6.92 Å². The molecule has 5 aromatic carbocycles. The molecule has 134 valence electrons. The summed E-state index contributed by atoms with van der Waals surface area (Å²) in [7, 11) is 0. The van der Waals surface area contributed by atoms with E-state index in [2.05, 4.69) is 24.3 Å². The molecule has 0 saturated heterocycles. The SMILES string of the molecule is Cc1ccc2cc3ccccc3c(OC(=O)c3ccc4ccccc4c3)c2c1. The monoisotopic (exact) mass is 362 g/mol. The van der Waals surface area contributed by atoms with Gasteiger partial charge in [0.05, 0.1) is 5.56 Å². The van der Waals surface area contributed by atoms with Crippen LogP contribution in [0.4, 0.5) is 0 Å². The van der Waals surface area contributed by atoms with Gasteiger partial charge in [0, 0.05) is 10.8 Å².